The highest BCUT2D eigenvalue weighted by Crippen LogP contribution is 2.26. The molecular weight excluding hydrogens is 438 g/mol. The van der Waals surface area contributed by atoms with Gasteiger partial charge in [0, 0.05) is 16.1 Å². The molecule has 172 valence electrons. The molecule has 2 amide bonds. The number of carbonyl (C=O) groups excluding carboxylic acids is 2. The van der Waals surface area contributed by atoms with Crippen molar-refractivity contribution in [3.63, 3.8) is 0 Å². The minimum absolute atomic E-state index is 0.192. The third-order valence-electron chi connectivity index (χ3n) is 5.03. The van der Waals surface area contributed by atoms with Crippen molar-refractivity contribution in [2.24, 2.45) is 11.0 Å². The van der Waals surface area contributed by atoms with Crippen molar-refractivity contribution in [1.29, 1.82) is 0 Å². The maximum Gasteiger partial charge on any atom is 0.262 e. The van der Waals surface area contributed by atoms with Crippen LogP contribution in [0.5, 0.6) is 5.75 Å². The Balaban J connectivity index is 1.77. The molecule has 0 saturated heterocycles. The van der Waals surface area contributed by atoms with E-state index in [0.717, 1.165) is 16.3 Å². The average Bonchev–Trinajstić information content (AvgIpc) is 2.80. The minimum Gasteiger partial charge on any atom is -0.493 e. The van der Waals surface area contributed by atoms with Gasteiger partial charge >= 0.3 is 0 Å². The fraction of sp³-hybridized carbons (Fsp3) is 0.269. The lowest BCUT2D eigenvalue weighted by molar-refractivity contribution is -0.123. The molecule has 6 nitrogen and oxygen atoms in total. The van der Waals surface area contributed by atoms with Crippen molar-refractivity contribution in [2.75, 3.05) is 6.61 Å². The topological polar surface area (TPSA) is 79.8 Å². The van der Waals surface area contributed by atoms with Crippen LogP contribution in [0.3, 0.4) is 0 Å². The summed E-state index contributed by atoms with van der Waals surface area (Å²) in [6.45, 7) is 6.40. The van der Waals surface area contributed by atoms with E-state index in [9.17, 15) is 9.59 Å². The number of nitrogens with zero attached hydrogens (tertiary/aromatic N) is 1. The molecule has 0 heterocycles. The van der Waals surface area contributed by atoms with Gasteiger partial charge in [-0.3, -0.25) is 9.59 Å². The molecule has 7 heteroatoms. The third kappa shape index (κ3) is 6.56. The van der Waals surface area contributed by atoms with E-state index in [-0.39, 0.29) is 17.7 Å². The van der Waals surface area contributed by atoms with Gasteiger partial charge in [0.25, 0.3) is 11.8 Å². The predicted molar refractivity (Wildman–Crippen MR) is 133 cm³/mol. The van der Waals surface area contributed by atoms with E-state index in [4.69, 9.17) is 16.3 Å². The van der Waals surface area contributed by atoms with Gasteiger partial charge in [0.1, 0.15) is 11.8 Å². The number of benzene rings is 3. The molecule has 3 aromatic carbocycles. The van der Waals surface area contributed by atoms with Crippen LogP contribution in [0.25, 0.3) is 10.8 Å². The van der Waals surface area contributed by atoms with E-state index < -0.39 is 6.04 Å². The Hall–Kier alpha value is -3.38. The number of carbonyl (C=O) groups is 2. The van der Waals surface area contributed by atoms with E-state index in [0.29, 0.717) is 29.4 Å². The summed E-state index contributed by atoms with van der Waals surface area (Å²) in [6, 6.07) is 17.6. The van der Waals surface area contributed by atoms with Crippen molar-refractivity contribution in [3.05, 3.63) is 76.8 Å². The maximum absolute atomic E-state index is 12.9. The molecule has 1 atom stereocenters. The Morgan fingerprint density at radius 2 is 1.79 bits per heavy atom. The lowest BCUT2D eigenvalue weighted by Crippen LogP contribution is -2.46. The number of halogens is 1. The molecule has 3 rings (SSSR count). The molecule has 0 aliphatic heterocycles. The van der Waals surface area contributed by atoms with Gasteiger partial charge in [-0.25, -0.2) is 5.43 Å². The van der Waals surface area contributed by atoms with Gasteiger partial charge in [0.05, 0.1) is 12.8 Å². The van der Waals surface area contributed by atoms with Crippen LogP contribution in [0.1, 0.15) is 43.1 Å². The Bertz CT molecular complexity index is 1140. The predicted octanol–water partition coefficient (Wildman–Crippen LogP) is 5.19. The Morgan fingerprint density at radius 3 is 2.48 bits per heavy atom. The quantitative estimate of drug-likeness (QED) is 0.337. The smallest absolute Gasteiger partial charge is 0.262 e. The summed E-state index contributed by atoms with van der Waals surface area (Å²) in [7, 11) is 0. The number of ether oxygens (including phenoxy) is 1. The van der Waals surface area contributed by atoms with Crippen LogP contribution < -0.4 is 15.5 Å². The molecule has 0 saturated carbocycles. The summed E-state index contributed by atoms with van der Waals surface area (Å²) >= 11 is 5.90. The zero-order valence-corrected chi connectivity index (χ0v) is 19.7. The number of nitrogens with one attached hydrogen (secondary N) is 2. The van der Waals surface area contributed by atoms with Gasteiger partial charge in [-0.15, -0.1) is 0 Å². The van der Waals surface area contributed by atoms with Crippen LogP contribution in [0.4, 0.5) is 0 Å². The highest BCUT2D eigenvalue weighted by Gasteiger charge is 2.22. The number of hydrazone groups is 1. The van der Waals surface area contributed by atoms with Gasteiger partial charge in [-0.1, -0.05) is 55.8 Å². The van der Waals surface area contributed by atoms with E-state index in [1.54, 1.807) is 30.5 Å². The molecule has 3 aromatic rings. The van der Waals surface area contributed by atoms with E-state index in [2.05, 4.69) is 15.8 Å². The van der Waals surface area contributed by atoms with Crippen molar-refractivity contribution in [3.8, 4) is 5.75 Å². The van der Waals surface area contributed by atoms with Gasteiger partial charge in [-0.2, -0.15) is 5.10 Å². The standard InChI is InChI=1S/C26H28ClN3O3/c1-4-33-24-14-11-18-7-5-6-8-21(18)22(24)16-28-30-26(32)23(15-17(2)3)29-25(31)19-9-12-20(27)13-10-19/h5-14,16-17,23H,4,15H2,1-3H3,(H,29,31)(H,30,32)/b28-16+. The Kier molecular flexibility index (Phi) is 8.44. The van der Waals surface area contributed by atoms with Gasteiger partial charge in [0.2, 0.25) is 0 Å². The molecule has 0 bridgehead atoms. The van der Waals surface area contributed by atoms with E-state index in [1.165, 1.54) is 0 Å². The number of amides is 2. The fourth-order valence-corrected chi connectivity index (χ4v) is 3.60. The molecule has 2 N–H and O–H groups in total. The second-order valence-corrected chi connectivity index (χ2v) is 8.46. The molecule has 0 radical (unpaired) electrons. The third-order valence-corrected chi connectivity index (χ3v) is 5.29. The zero-order chi connectivity index (χ0) is 23.8. The summed E-state index contributed by atoms with van der Waals surface area (Å²) in [5.74, 6) is 0.145. The van der Waals surface area contributed by atoms with Gasteiger partial charge < -0.3 is 10.1 Å². The molecule has 1 unspecified atom stereocenters. The van der Waals surface area contributed by atoms with Crippen molar-refractivity contribution >= 4 is 40.4 Å². The molecule has 33 heavy (non-hydrogen) atoms. The molecule has 0 aliphatic rings. The van der Waals surface area contributed by atoms with Crippen molar-refractivity contribution in [2.45, 2.75) is 33.2 Å². The largest absolute Gasteiger partial charge is 0.493 e. The van der Waals surface area contributed by atoms with Crippen LogP contribution in [0.2, 0.25) is 5.02 Å². The van der Waals surface area contributed by atoms with Gasteiger partial charge in [0.15, 0.2) is 0 Å². The highest BCUT2D eigenvalue weighted by atomic mass is 35.5. The highest BCUT2D eigenvalue weighted by molar-refractivity contribution is 6.30. The maximum atomic E-state index is 12.9. The minimum atomic E-state index is -0.732. The number of hydrogen-bond donors (Lipinski definition) is 2. The summed E-state index contributed by atoms with van der Waals surface area (Å²) in [5, 5.41) is 9.53. The number of fused-ring (bicyclic) bond motifs is 1. The van der Waals surface area contributed by atoms with Crippen LogP contribution >= 0.6 is 11.6 Å². The lowest BCUT2D eigenvalue weighted by Gasteiger charge is -2.19. The molecular formula is C26H28ClN3O3. The normalized spacial score (nSPS) is 12.2. The summed E-state index contributed by atoms with van der Waals surface area (Å²) in [5.41, 5.74) is 3.79. The first kappa shape index (κ1) is 24.3. The van der Waals surface area contributed by atoms with Crippen LogP contribution in [-0.4, -0.2) is 30.7 Å². The summed E-state index contributed by atoms with van der Waals surface area (Å²) in [6.07, 6.45) is 2.05. The van der Waals surface area contributed by atoms with Gasteiger partial charge in [-0.05, 0) is 60.4 Å². The molecule has 0 spiro atoms. The van der Waals surface area contributed by atoms with Crippen LogP contribution in [0.15, 0.2) is 65.8 Å². The van der Waals surface area contributed by atoms with Crippen LogP contribution in [0, 0.1) is 5.92 Å². The second kappa shape index (κ2) is 11.5. The first-order valence-corrected chi connectivity index (χ1v) is 11.3. The molecule has 0 aliphatic carbocycles. The number of hydrogen-bond acceptors (Lipinski definition) is 4. The summed E-state index contributed by atoms with van der Waals surface area (Å²) < 4.78 is 5.74. The van der Waals surface area contributed by atoms with E-state index >= 15 is 0 Å². The fourth-order valence-electron chi connectivity index (χ4n) is 3.47. The average molecular weight is 466 g/mol. The Labute approximate surface area is 199 Å². The monoisotopic (exact) mass is 465 g/mol. The van der Waals surface area contributed by atoms with Crippen molar-refractivity contribution in [1.82, 2.24) is 10.7 Å². The first-order chi connectivity index (χ1) is 15.9. The second-order valence-electron chi connectivity index (χ2n) is 8.03. The molecule has 0 aromatic heterocycles. The number of rotatable bonds is 9. The lowest BCUT2D eigenvalue weighted by atomic mass is 10.0. The first-order valence-electron chi connectivity index (χ1n) is 10.9. The Morgan fingerprint density at radius 1 is 1.06 bits per heavy atom. The SMILES string of the molecule is CCOc1ccc2ccccc2c1/C=N/NC(=O)C(CC(C)C)NC(=O)c1ccc(Cl)cc1. The van der Waals surface area contributed by atoms with E-state index in [1.807, 2.05) is 57.2 Å². The zero-order valence-electron chi connectivity index (χ0n) is 19.0. The summed E-state index contributed by atoms with van der Waals surface area (Å²) in [4.78, 5) is 25.5. The molecule has 0 fully saturated rings. The van der Waals surface area contributed by atoms with Crippen LogP contribution in [-0.2, 0) is 4.79 Å². The van der Waals surface area contributed by atoms with Crippen molar-refractivity contribution < 1.29 is 14.3 Å².